The van der Waals surface area contributed by atoms with Gasteiger partial charge in [-0.25, -0.2) is 0 Å². The average Bonchev–Trinajstić information content (AvgIpc) is 2.45. The molecule has 0 bridgehead atoms. The van der Waals surface area contributed by atoms with Crippen molar-refractivity contribution in [2.24, 2.45) is 20.1 Å². The molecule has 0 spiro atoms. The topological polar surface area (TPSA) is 24.7 Å². The van der Waals surface area contributed by atoms with Gasteiger partial charge in [0.1, 0.15) is 0 Å². The van der Waals surface area contributed by atoms with Crippen molar-refractivity contribution in [2.45, 2.75) is 120 Å². The fourth-order valence-electron chi connectivity index (χ4n) is 2.38. The van der Waals surface area contributed by atoms with Crippen LogP contribution in [0.5, 0.6) is 0 Å². The van der Waals surface area contributed by atoms with Gasteiger partial charge in [0.15, 0.2) is 16.5 Å². The van der Waals surface area contributed by atoms with Gasteiger partial charge in [0, 0.05) is 0 Å². The van der Waals surface area contributed by atoms with Crippen molar-refractivity contribution in [2.75, 3.05) is 0 Å². The molecule has 0 unspecified atom stereocenters. The van der Waals surface area contributed by atoms with E-state index >= 15 is 0 Å². The molecular weight excluding hydrogens is 824 g/mol. The molecule has 38 heavy (non-hydrogen) atoms. The van der Waals surface area contributed by atoms with E-state index in [-0.39, 0.29) is 10.8 Å². The second-order valence-corrected chi connectivity index (χ2v) is 56.8. The molecular formula is C24H56Cl6N2Si4Zr2-2. The van der Waals surface area contributed by atoms with Gasteiger partial charge in [-0.2, -0.15) is 0 Å². The van der Waals surface area contributed by atoms with Gasteiger partial charge >= 0.3 is 87.4 Å². The summed E-state index contributed by atoms with van der Waals surface area (Å²) in [6.07, 6.45) is 0. The molecule has 0 aromatic carbocycles. The first kappa shape index (κ1) is 48.4. The van der Waals surface area contributed by atoms with Crippen LogP contribution < -0.4 is 0 Å². The molecule has 0 aliphatic carbocycles. The first-order valence-corrected chi connectivity index (χ1v) is 45.7. The van der Waals surface area contributed by atoms with E-state index in [1.165, 1.54) is 11.4 Å². The van der Waals surface area contributed by atoms with Crippen molar-refractivity contribution >= 4 is 95.1 Å². The molecule has 0 radical (unpaired) electrons. The summed E-state index contributed by atoms with van der Waals surface area (Å²) in [7, 11) is 25.0. The Labute approximate surface area is 280 Å². The molecule has 0 saturated heterocycles. The quantitative estimate of drug-likeness (QED) is 0.144. The summed E-state index contributed by atoms with van der Waals surface area (Å²) in [6.45, 7) is 41.7. The Morgan fingerprint density at radius 2 is 0.632 bits per heavy atom. The van der Waals surface area contributed by atoms with E-state index in [1.54, 1.807) is 0 Å². The minimum absolute atomic E-state index is 0.195. The summed E-state index contributed by atoms with van der Waals surface area (Å²) in [5.74, 6) is 0. The number of halogens is 6. The van der Waals surface area contributed by atoms with E-state index in [0.717, 1.165) is 0 Å². The molecule has 0 aromatic heterocycles. The first-order chi connectivity index (χ1) is 16.1. The van der Waals surface area contributed by atoms with Crippen LogP contribution in [0, 0.1) is 22.9 Å². The summed E-state index contributed by atoms with van der Waals surface area (Å²) < 4.78 is 10.0. The van der Waals surface area contributed by atoms with E-state index in [0.29, 0.717) is 0 Å². The van der Waals surface area contributed by atoms with E-state index in [1.807, 2.05) is 0 Å². The van der Waals surface area contributed by atoms with Gasteiger partial charge in [-0.15, -0.1) is 11.4 Å². The summed E-state index contributed by atoms with van der Waals surface area (Å²) in [6, 6.07) is 4.93. The van der Waals surface area contributed by atoms with Crippen LogP contribution in [0.3, 0.4) is 0 Å². The summed E-state index contributed by atoms with van der Waals surface area (Å²) >= 11 is -4.25. The molecule has 14 heteroatoms. The normalized spacial score (nSPS) is 13.6. The Hall–Kier alpha value is 3.45. The van der Waals surface area contributed by atoms with E-state index < -0.39 is 69.0 Å². The Balaban J connectivity index is -0.000000237. The first-order valence-electron chi connectivity index (χ1n) is 12.7. The Morgan fingerprint density at radius 3 is 0.711 bits per heavy atom. The molecule has 0 aromatic rings. The maximum atomic E-state index is 5.00. The molecule has 0 aliphatic heterocycles. The molecule has 0 rings (SSSR count). The summed E-state index contributed by atoms with van der Waals surface area (Å²) in [5, 5.41) is 0. The number of rotatable bonds is 6. The van der Waals surface area contributed by atoms with Crippen molar-refractivity contribution in [3.63, 3.8) is 0 Å². The van der Waals surface area contributed by atoms with Gasteiger partial charge < -0.3 is 21.4 Å². The molecule has 0 amide bonds. The zero-order chi connectivity index (χ0) is 32.1. The van der Waals surface area contributed by atoms with Gasteiger partial charge in [0.2, 0.25) is 0 Å². The summed E-state index contributed by atoms with van der Waals surface area (Å²) in [4.78, 5) is 0. The van der Waals surface area contributed by atoms with Crippen LogP contribution in [0.1, 0.15) is 41.5 Å². The van der Waals surface area contributed by atoms with Crippen LogP contribution in [0.2, 0.25) is 78.6 Å². The zero-order valence-corrected chi connectivity index (χ0v) is 40.8. The van der Waals surface area contributed by atoms with Gasteiger partial charge in [-0.05, 0) is 10.8 Å². The average molecular weight is 880 g/mol. The molecule has 0 fully saturated rings. The maximum absolute atomic E-state index is 5.00. The number of nitrogens with zero attached hydrogens (tertiary/aromatic N) is 2. The fraction of sp³-hybridized carbons (Fsp3) is 0.833. The molecule has 0 saturated carbocycles. The molecule has 0 heterocycles. The Morgan fingerprint density at radius 1 is 0.474 bits per heavy atom. The second kappa shape index (κ2) is 20.5. The van der Waals surface area contributed by atoms with Crippen molar-refractivity contribution < 1.29 is 36.3 Å². The third-order valence-corrected chi connectivity index (χ3v) is 7.69. The molecule has 0 N–H and O–H groups in total. The van der Waals surface area contributed by atoms with Crippen LogP contribution in [0.4, 0.5) is 0 Å². The molecule has 230 valence electrons. The molecule has 0 atom stereocenters. The fourth-order valence-corrected chi connectivity index (χ4v) is 7.52. The predicted octanol–water partition coefficient (Wildman–Crippen LogP) is 12.9. The van der Waals surface area contributed by atoms with Crippen molar-refractivity contribution in [1.82, 2.24) is 0 Å². The van der Waals surface area contributed by atoms with Crippen molar-refractivity contribution in [3.8, 4) is 0 Å². The standard InChI is InChI=1S/2C12H28NSi2.6ClH.2Zr/c2*1-12(2,3)11(10-14(4,5)6)13-15(7,8)9;;;;;;;;/h2*10H,1-9H3;6*1H;;/q2*-1;;;;;;;2*+3/p-6/b2*13-11-;;;;;;;;. The molecule has 0 aliphatic rings. The van der Waals surface area contributed by atoms with Crippen molar-refractivity contribution in [1.29, 1.82) is 0 Å². The van der Waals surface area contributed by atoms with Gasteiger partial charge in [-0.1, -0.05) is 136 Å². The van der Waals surface area contributed by atoms with Crippen molar-refractivity contribution in [3.05, 3.63) is 12.1 Å². The predicted molar refractivity (Wildman–Crippen MR) is 191 cm³/mol. The van der Waals surface area contributed by atoms with E-state index in [9.17, 15) is 0 Å². The van der Waals surface area contributed by atoms with Gasteiger partial charge in [0.05, 0.1) is 0 Å². The minimum atomic E-state index is -2.13. The van der Waals surface area contributed by atoms with Crippen LogP contribution in [0.25, 0.3) is 0 Å². The SMILES string of the molecule is CC(C)(C)/C([CH-][Si](C)(C)C)=N\[Si](C)(C)C.CC(C)(C)/C([CH-][Si](C)(C)C)=N\[Si](C)(C)C.[Cl][Zr]([Cl])[Cl].[Cl][Zr]([Cl])[Cl]. The van der Waals surface area contributed by atoms with Crippen LogP contribution in [-0.4, -0.2) is 44.0 Å². The second-order valence-electron chi connectivity index (χ2n) is 15.3. The number of hydrogen-bond acceptors (Lipinski definition) is 2. The summed E-state index contributed by atoms with van der Waals surface area (Å²) in [5.41, 5.74) is 3.06. The third kappa shape index (κ3) is 46.4. The van der Waals surface area contributed by atoms with Crippen LogP contribution in [-0.2, 0) is 36.3 Å². The third-order valence-electron chi connectivity index (χ3n) is 3.59. The van der Waals surface area contributed by atoms with E-state index in [2.05, 4.69) is 132 Å². The van der Waals surface area contributed by atoms with Crippen LogP contribution in [0.15, 0.2) is 9.32 Å². The van der Waals surface area contributed by atoms with Gasteiger partial charge in [0.25, 0.3) is 0 Å². The van der Waals surface area contributed by atoms with E-state index in [4.69, 9.17) is 60.4 Å². The Bertz CT molecular complexity index is 632. The zero-order valence-electron chi connectivity index (χ0n) is 27.3. The Kier molecular flexibility index (Phi) is 26.1. The molecule has 2 nitrogen and oxygen atoms in total. The monoisotopic (exact) mass is 874 g/mol. The van der Waals surface area contributed by atoms with Crippen LogP contribution >= 0.6 is 51.1 Å². The number of hydrogen-bond donors (Lipinski definition) is 0. The van der Waals surface area contributed by atoms with Gasteiger partial charge in [-0.3, -0.25) is 0 Å².